The van der Waals surface area contributed by atoms with Crippen LogP contribution in [-0.2, 0) is 18.5 Å². The Hall–Kier alpha value is -4.70. The molecule has 1 N–H and O–H groups in total. The summed E-state index contributed by atoms with van der Waals surface area (Å²) in [6.45, 7) is 7.17. The second-order valence-corrected chi connectivity index (χ2v) is 11.4. The van der Waals surface area contributed by atoms with Crippen LogP contribution in [0.15, 0.2) is 77.6 Å². The number of ether oxygens (including phenoxy) is 3. The van der Waals surface area contributed by atoms with E-state index in [1.807, 2.05) is 81.4 Å². The first-order valence-corrected chi connectivity index (χ1v) is 14.2. The van der Waals surface area contributed by atoms with Gasteiger partial charge in [-0.3, -0.25) is 9.69 Å². The highest BCUT2D eigenvalue weighted by atomic mass is 16.5. The molecule has 0 saturated heterocycles. The summed E-state index contributed by atoms with van der Waals surface area (Å²) in [4.78, 5) is 19.3. The Balaban J connectivity index is 1.71. The van der Waals surface area contributed by atoms with E-state index in [0.29, 0.717) is 47.2 Å². The standard InChI is InChI=1S/C33H38N6O4/c1-33(2,3)39-31(35-36-37-39)29(26-19-23-15-16-25(41-4)20-27(23)34-32(26)40)38(18-17-22-11-8-7-9-12-22)21-24-13-10-14-28(42-5)30(24)43-6/h7-16,19-20,29H,17-18,21H2,1-6H3,(H,34,40). The molecular weight excluding hydrogens is 544 g/mol. The van der Waals surface area contributed by atoms with E-state index in [1.54, 1.807) is 26.0 Å². The number of benzene rings is 3. The van der Waals surface area contributed by atoms with Gasteiger partial charge in [-0.1, -0.05) is 42.5 Å². The molecule has 3 aromatic carbocycles. The van der Waals surface area contributed by atoms with Crippen LogP contribution in [0.25, 0.3) is 10.9 Å². The molecule has 0 aliphatic carbocycles. The Morgan fingerprint density at radius 1 is 0.930 bits per heavy atom. The summed E-state index contributed by atoms with van der Waals surface area (Å²) in [6.07, 6.45) is 0.739. The fraction of sp³-hybridized carbons (Fsp3) is 0.333. The van der Waals surface area contributed by atoms with E-state index < -0.39 is 11.6 Å². The van der Waals surface area contributed by atoms with Crippen LogP contribution in [0.2, 0.25) is 0 Å². The first kappa shape index (κ1) is 29.8. The fourth-order valence-electron chi connectivity index (χ4n) is 5.38. The molecule has 2 aromatic heterocycles. The molecule has 1 unspecified atom stereocenters. The molecule has 5 rings (SSSR count). The average molecular weight is 583 g/mol. The van der Waals surface area contributed by atoms with E-state index in [0.717, 1.165) is 17.4 Å². The zero-order valence-electron chi connectivity index (χ0n) is 25.5. The second-order valence-electron chi connectivity index (χ2n) is 11.4. The van der Waals surface area contributed by atoms with Crippen LogP contribution in [-0.4, -0.2) is 58.0 Å². The van der Waals surface area contributed by atoms with Gasteiger partial charge in [-0.2, -0.15) is 0 Å². The summed E-state index contributed by atoms with van der Waals surface area (Å²) >= 11 is 0. The van der Waals surface area contributed by atoms with Crippen molar-refractivity contribution in [3.05, 3.63) is 106 Å². The third-order valence-electron chi connectivity index (χ3n) is 7.50. The number of fused-ring (bicyclic) bond motifs is 1. The molecule has 5 aromatic rings. The number of H-pyrrole nitrogens is 1. The number of hydrogen-bond donors (Lipinski definition) is 1. The van der Waals surface area contributed by atoms with Crippen LogP contribution in [0, 0.1) is 0 Å². The largest absolute Gasteiger partial charge is 0.497 e. The van der Waals surface area contributed by atoms with Crippen LogP contribution < -0.4 is 19.8 Å². The van der Waals surface area contributed by atoms with Crippen molar-refractivity contribution in [3.63, 3.8) is 0 Å². The lowest BCUT2D eigenvalue weighted by molar-refractivity contribution is 0.192. The minimum absolute atomic E-state index is 0.225. The van der Waals surface area contributed by atoms with Crippen LogP contribution in [0.1, 0.15) is 49.3 Å². The molecular formula is C33H38N6O4. The number of aromatic nitrogens is 5. The van der Waals surface area contributed by atoms with Gasteiger partial charge >= 0.3 is 0 Å². The Kier molecular flexibility index (Phi) is 8.77. The maximum atomic E-state index is 13.9. The van der Waals surface area contributed by atoms with Gasteiger partial charge in [-0.05, 0) is 72.8 Å². The van der Waals surface area contributed by atoms with E-state index >= 15 is 0 Å². The lowest BCUT2D eigenvalue weighted by Crippen LogP contribution is -2.38. The van der Waals surface area contributed by atoms with Crippen LogP contribution >= 0.6 is 0 Å². The predicted octanol–water partition coefficient (Wildman–Crippen LogP) is 5.13. The minimum Gasteiger partial charge on any atom is -0.497 e. The highest BCUT2D eigenvalue weighted by Gasteiger charge is 2.34. The monoisotopic (exact) mass is 582 g/mol. The highest BCUT2D eigenvalue weighted by Crippen LogP contribution is 2.36. The van der Waals surface area contributed by atoms with Gasteiger partial charge < -0.3 is 19.2 Å². The van der Waals surface area contributed by atoms with Gasteiger partial charge in [0.25, 0.3) is 5.56 Å². The van der Waals surface area contributed by atoms with Gasteiger partial charge in [0.15, 0.2) is 17.3 Å². The normalized spacial score (nSPS) is 12.4. The quantitative estimate of drug-likeness (QED) is 0.228. The van der Waals surface area contributed by atoms with E-state index in [-0.39, 0.29) is 5.56 Å². The molecule has 0 amide bonds. The molecule has 2 heterocycles. The van der Waals surface area contributed by atoms with Crippen molar-refractivity contribution in [1.82, 2.24) is 30.1 Å². The van der Waals surface area contributed by atoms with E-state index in [2.05, 4.69) is 37.5 Å². The number of aromatic amines is 1. The van der Waals surface area contributed by atoms with Crippen molar-refractivity contribution in [1.29, 1.82) is 0 Å². The van der Waals surface area contributed by atoms with Crippen molar-refractivity contribution < 1.29 is 14.2 Å². The Morgan fingerprint density at radius 3 is 2.42 bits per heavy atom. The third-order valence-corrected chi connectivity index (χ3v) is 7.50. The SMILES string of the molecule is COc1ccc2cc(C(c3nnnn3C(C)(C)C)N(CCc3ccccc3)Cc3cccc(OC)c3OC)c(=O)[nH]c2c1. The molecule has 0 fully saturated rings. The molecule has 0 bridgehead atoms. The number of pyridine rings is 1. The molecule has 10 heteroatoms. The first-order chi connectivity index (χ1) is 20.7. The molecule has 0 saturated carbocycles. The maximum absolute atomic E-state index is 13.9. The molecule has 0 spiro atoms. The Morgan fingerprint density at radius 2 is 1.72 bits per heavy atom. The molecule has 1 atom stereocenters. The molecule has 0 aliphatic rings. The summed E-state index contributed by atoms with van der Waals surface area (Å²) in [7, 11) is 4.86. The number of tetrazole rings is 1. The highest BCUT2D eigenvalue weighted by molar-refractivity contribution is 5.80. The van der Waals surface area contributed by atoms with Crippen molar-refractivity contribution in [3.8, 4) is 17.2 Å². The zero-order valence-corrected chi connectivity index (χ0v) is 25.5. The smallest absolute Gasteiger partial charge is 0.253 e. The summed E-state index contributed by atoms with van der Waals surface area (Å²) in [6, 6.07) is 23.1. The van der Waals surface area contributed by atoms with Crippen LogP contribution in [0.4, 0.5) is 0 Å². The Labute approximate surface area is 251 Å². The van der Waals surface area contributed by atoms with Crippen molar-refractivity contribution in [2.24, 2.45) is 0 Å². The number of hydrogen-bond acceptors (Lipinski definition) is 8. The van der Waals surface area contributed by atoms with E-state index in [1.165, 1.54) is 5.56 Å². The lowest BCUT2D eigenvalue weighted by Gasteiger charge is -2.33. The van der Waals surface area contributed by atoms with Crippen LogP contribution in [0.3, 0.4) is 0 Å². The summed E-state index contributed by atoms with van der Waals surface area (Å²) in [5.41, 5.74) is 2.65. The van der Waals surface area contributed by atoms with Gasteiger partial charge in [0, 0.05) is 30.3 Å². The van der Waals surface area contributed by atoms with Gasteiger partial charge in [-0.15, -0.1) is 5.10 Å². The molecule has 224 valence electrons. The number of methoxy groups -OCH3 is 3. The summed E-state index contributed by atoms with van der Waals surface area (Å²) < 4.78 is 18.6. The predicted molar refractivity (Wildman–Crippen MR) is 166 cm³/mol. The maximum Gasteiger partial charge on any atom is 0.253 e. The summed E-state index contributed by atoms with van der Waals surface area (Å²) in [5.74, 6) is 2.51. The zero-order chi connectivity index (χ0) is 30.6. The second kappa shape index (κ2) is 12.7. The van der Waals surface area contributed by atoms with E-state index in [4.69, 9.17) is 14.2 Å². The summed E-state index contributed by atoms with van der Waals surface area (Å²) in [5, 5.41) is 13.9. The van der Waals surface area contributed by atoms with Crippen molar-refractivity contribution in [2.75, 3.05) is 27.9 Å². The third kappa shape index (κ3) is 6.39. The van der Waals surface area contributed by atoms with Gasteiger partial charge in [-0.25, -0.2) is 4.68 Å². The van der Waals surface area contributed by atoms with Crippen LogP contribution in [0.5, 0.6) is 17.2 Å². The average Bonchev–Trinajstić information content (AvgIpc) is 3.50. The van der Waals surface area contributed by atoms with Gasteiger partial charge in [0.05, 0.1) is 32.4 Å². The molecule has 10 nitrogen and oxygen atoms in total. The minimum atomic E-state index is -0.593. The molecule has 0 aliphatic heterocycles. The lowest BCUT2D eigenvalue weighted by atomic mass is 10.00. The van der Waals surface area contributed by atoms with Gasteiger partial charge in [0.2, 0.25) is 0 Å². The number of nitrogens with one attached hydrogen (secondary N) is 1. The number of nitrogens with zero attached hydrogens (tertiary/aromatic N) is 5. The first-order valence-electron chi connectivity index (χ1n) is 14.2. The fourth-order valence-corrected chi connectivity index (χ4v) is 5.38. The van der Waals surface area contributed by atoms with Crippen molar-refractivity contribution in [2.45, 2.75) is 45.3 Å². The van der Waals surface area contributed by atoms with Crippen molar-refractivity contribution >= 4 is 10.9 Å². The number of rotatable bonds is 11. The molecule has 0 radical (unpaired) electrons. The number of para-hydroxylation sites is 1. The topological polar surface area (TPSA) is 107 Å². The molecule has 43 heavy (non-hydrogen) atoms. The van der Waals surface area contributed by atoms with Gasteiger partial charge in [0.1, 0.15) is 11.8 Å². The Bertz CT molecular complexity index is 1740. The van der Waals surface area contributed by atoms with E-state index in [9.17, 15) is 4.79 Å².